The molecule has 2 heterocycles. The molecule has 0 atom stereocenters. The Morgan fingerprint density at radius 1 is 0.966 bits per heavy atom. The van der Waals surface area contributed by atoms with Crippen molar-refractivity contribution in [2.75, 3.05) is 0 Å². The number of hydrogen-bond donors (Lipinski definition) is 0. The van der Waals surface area contributed by atoms with Gasteiger partial charge < -0.3 is 4.57 Å². The molecule has 29 heavy (non-hydrogen) atoms. The number of rotatable bonds is 3. The Kier molecular flexibility index (Phi) is 5.41. The maximum atomic E-state index is 4.41. The molecule has 0 bridgehead atoms. The predicted octanol–water partition coefficient (Wildman–Crippen LogP) is 5.63. The molecule has 0 aliphatic rings. The van der Waals surface area contributed by atoms with Crippen molar-refractivity contribution >= 4 is 21.6 Å². The van der Waals surface area contributed by atoms with Gasteiger partial charge in [0.15, 0.2) is 0 Å². The molecule has 0 unspecified atom stereocenters. The Balaban J connectivity index is 0.00000205. The van der Waals surface area contributed by atoms with Gasteiger partial charge in [-0.3, -0.25) is 4.98 Å². The number of nitrogens with zero attached hydrogens (tertiary/aromatic N) is 4. The normalized spacial score (nSPS) is 10.8. The quantitative estimate of drug-likeness (QED) is 0.263. The van der Waals surface area contributed by atoms with Crippen LogP contribution in [0.25, 0.3) is 38.4 Å². The number of fused-ring (bicyclic) bond motifs is 1. The molecule has 0 fully saturated rings. The molecule has 1 radical (unpaired) electrons. The van der Waals surface area contributed by atoms with E-state index in [1.165, 1.54) is 22.3 Å². The molecule has 0 saturated carbocycles. The molecule has 0 saturated heterocycles. The van der Waals surface area contributed by atoms with Crippen LogP contribution in [0.3, 0.4) is 0 Å². The van der Waals surface area contributed by atoms with Gasteiger partial charge in [-0.2, -0.15) is 16.4 Å². The molecule has 0 aliphatic heterocycles. The maximum Gasteiger partial charge on any atom is 0.114 e. The van der Waals surface area contributed by atoms with E-state index in [1.54, 1.807) is 17.7 Å². The van der Waals surface area contributed by atoms with E-state index in [9.17, 15) is 0 Å². The minimum atomic E-state index is 0. The SMILES string of the molecule is Cc1cc(-c2ccccc2)cc(C)c1-n1cnnc1-c1[c-]cc2scnc2c1.[Ir]. The van der Waals surface area contributed by atoms with Crippen LogP contribution in [-0.2, 0) is 20.1 Å². The summed E-state index contributed by atoms with van der Waals surface area (Å²) < 4.78 is 3.16. The molecule has 5 rings (SSSR count). The van der Waals surface area contributed by atoms with Gasteiger partial charge in [-0.1, -0.05) is 30.3 Å². The first-order chi connectivity index (χ1) is 13.7. The van der Waals surface area contributed by atoms with Crippen molar-refractivity contribution in [1.29, 1.82) is 0 Å². The number of hydrogen-bond acceptors (Lipinski definition) is 4. The molecule has 145 valence electrons. The summed E-state index contributed by atoms with van der Waals surface area (Å²) in [5.74, 6) is 0.772. The van der Waals surface area contributed by atoms with Gasteiger partial charge in [-0.05, 0) is 58.5 Å². The van der Waals surface area contributed by atoms with Crippen molar-refractivity contribution in [3.05, 3.63) is 83.6 Å². The fourth-order valence-corrected chi connectivity index (χ4v) is 4.29. The van der Waals surface area contributed by atoms with E-state index in [4.69, 9.17) is 0 Å². The van der Waals surface area contributed by atoms with E-state index in [-0.39, 0.29) is 20.1 Å². The Morgan fingerprint density at radius 2 is 1.72 bits per heavy atom. The molecule has 0 spiro atoms. The number of benzene rings is 3. The van der Waals surface area contributed by atoms with E-state index >= 15 is 0 Å². The summed E-state index contributed by atoms with van der Waals surface area (Å²) in [5.41, 5.74) is 9.58. The van der Waals surface area contributed by atoms with Crippen molar-refractivity contribution in [3.63, 3.8) is 0 Å². The van der Waals surface area contributed by atoms with Gasteiger partial charge in [0.2, 0.25) is 0 Å². The van der Waals surface area contributed by atoms with Crippen LogP contribution < -0.4 is 0 Å². The van der Waals surface area contributed by atoms with Crippen molar-refractivity contribution in [1.82, 2.24) is 19.7 Å². The van der Waals surface area contributed by atoms with Crippen LogP contribution in [0.1, 0.15) is 11.1 Å². The largest absolute Gasteiger partial charge is 0.322 e. The van der Waals surface area contributed by atoms with Crippen LogP contribution in [0.4, 0.5) is 0 Å². The first-order valence-corrected chi connectivity index (χ1v) is 9.91. The van der Waals surface area contributed by atoms with Gasteiger partial charge in [0.25, 0.3) is 0 Å². The molecular weight excluding hydrogens is 557 g/mol. The average Bonchev–Trinajstić information content (AvgIpc) is 3.37. The fourth-order valence-electron chi connectivity index (χ4n) is 3.65. The average molecular weight is 574 g/mol. The zero-order chi connectivity index (χ0) is 19.1. The second-order valence-electron chi connectivity index (χ2n) is 6.80. The van der Waals surface area contributed by atoms with Crippen LogP contribution in [0.5, 0.6) is 0 Å². The topological polar surface area (TPSA) is 43.6 Å². The van der Waals surface area contributed by atoms with E-state index in [0.717, 1.165) is 27.3 Å². The molecule has 5 aromatic rings. The van der Waals surface area contributed by atoms with Crippen molar-refractivity contribution in [2.45, 2.75) is 13.8 Å². The van der Waals surface area contributed by atoms with Gasteiger partial charge in [0, 0.05) is 25.8 Å². The Labute approximate surface area is 186 Å². The third-order valence-electron chi connectivity index (χ3n) is 4.89. The standard InChI is InChI=1S/C23H17N4S.Ir/c1-15-10-19(17-6-4-3-5-7-17)11-16(2)22(15)27-13-25-26-23(27)18-8-9-21-20(12-18)24-14-28-21;/h3-7,9-14H,1-2H3;/q-1;. The second kappa shape index (κ2) is 7.99. The monoisotopic (exact) mass is 574 g/mol. The van der Waals surface area contributed by atoms with Crippen LogP contribution >= 0.6 is 11.3 Å². The summed E-state index contributed by atoms with van der Waals surface area (Å²) in [5, 5.41) is 8.55. The van der Waals surface area contributed by atoms with Gasteiger partial charge in [-0.15, -0.1) is 28.9 Å². The maximum absolute atomic E-state index is 4.41. The summed E-state index contributed by atoms with van der Waals surface area (Å²) in [6, 6.07) is 22.2. The van der Waals surface area contributed by atoms with Crippen LogP contribution in [0.15, 0.2) is 66.4 Å². The summed E-state index contributed by atoms with van der Waals surface area (Å²) in [6.45, 7) is 4.26. The Bertz CT molecular complexity index is 1270. The molecule has 0 aliphatic carbocycles. The molecule has 0 N–H and O–H groups in total. The smallest absolute Gasteiger partial charge is 0.114 e. The van der Waals surface area contributed by atoms with Crippen LogP contribution in [0, 0.1) is 19.9 Å². The molecule has 2 aromatic heterocycles. The zero-order valence-corrected chi connectivity index (χ0v) is 19.1. The van der Waals surface area contributed by atoms with Crippen molar-refractivity contribution < 1.29 is 20.1 Å². The summed E-state index contributed by atoms with van der Waals surface area (Å²) in [6.07, 6.45) is 1.77. The third kappa shape index (κ3) is 3.55. The minimum Gasteiger partial charge on any atom is -0.322 e. The van der Waals surface area contributed by atoms with Gasteiger partial charge >= 0.3 is 0 Å². The summed E-state index contributed by atoms with van der Waals surface area (Å²) in [4.78, 5) is 4.41. The molecule has 6 heteroatoms. The third-order valence-corrected chi connectivity index (χ3v) is 5.68. The molecule has 4 nitrogen and oxygen atoms in total. The van der Waals surface area contributed by atoms with E-state index in [2.05, 4.69) is 71.5 Å². The predicted molar refractivity (Wildman–Crippen MR) is 114 cm³/mol. The van der Waals surface area contributed by atoms with Gasteiger partial charge in [0.1, 0.15) is 6.33 Å². The number of aromatic nitrogens is 4. The van der Waals surface area contributed by atoms with Crippen molar-refractivity contribution in [3.8, 4) is 28.2 Å². The first-order valence-electron chi connectivity index (χ1n) is 9.03. The number of aryl methyl sites for hydroxylation is 2. The second-order valence-corrected chi connectivity index (χ2v) is 7.68. The van der Waals surface area contributed by atoms with E-state index < -0.39 is 0 Å². The Morgan fingerprint density at radius 3 is 2.48 bits per heavy atom. The van der Waals surface area contributed by atoms with Gasteiger partial charge in [-0.25, -0.2) is 0 Å². The van der Waals surface area contributed by atoms with Crippen LogP contribution in [-0.4, -0.2) is 19.7 Å². The molecule has 3 aromatic carbocycles. The summed E-state index contributed by atoms with van der Waals surface area (Å²) in [7, 11) is 0. The van der Waals surface area contributed by atoms with Crippen LogP contribution in [0.2, 0.25) is 0 Å². The molecular formula is C23H17IrN4S-. The fraction of sp³-hybridized carbons (Fsp3) is 0.0870. The van der Waals surface area contributed by atoms with Gasteiger partial charge in [0.05, 0.1) is 11.3 Å². The first kappa shape index (κ1) is 19.6. The Hall–Kier alpha value is -2.66. The summed E-state index contributed by atoms with van der Waals surface area (Å²) >= 11 is 1.61. The number of thiazole rings is 1. The zero-order valence-electron chi connectivity index (χ0n) is 15.9. The van der Waals surface area contributed by atoms with E-state index in [0.29, 0.717) is 0 Å². The molecule has 0 amide bonds. The minimum absolute atomic E-state index is 0. The van der Waals surface area contributed by atoms with E-state index in [1.807, 2.05) is 28.3 Å². The van der Waals surface area contributed by atoms with Crippen molar-refractivity contribution in [2.24, 2.45) is 0 Å².